The number of nitrogens with one attached hydrogen (secondary N) is 2. The molecule has 3 N–H and O–H groups in total. The number of aliphatic hydroxyl groups excluding tert-OH is 1. The summed E-state index contributed by atoms with van der Waals surface area (Å²) >= 11 is 0. The molecule has 20 heavy (non-hydrogen) atoms. The van der Waals surface area contributed by atoms with Gasteiger partial charge < -0.3 is 15.7 Å². The monoisotopic (exact) mass is 283 g/mol. The van der Waals surface area contributed by atoms with Crippen molar-refractivity contribution in [3.05, 3.63) is 16.4 Å². The number of hydrogen-bond acceptors (Lipinski definition) is 7. The second-order valence-corrected chi connectivity index (χ2v) is 4.80. The van der Waals surface area contributed by atoms with E-state index in [-0.39, 0.29) is 23.9 Å². The fraction of sp³-hybridized carbons (Fsp3) is 0.667. The van der Waals surface area contributed by atoms with Gasteiger partial charge in [-0.1, -0.05) is 13.8 Å². The van der Waals surface area contributed by atoms with Crippen molar-refractivity contribution in [2.75, 3.05) is 23.8 Å². The molecule has 1 heterocycles. The molecule has 0 aliphatic heterocycles. The molecule has 1 atom stereocenters. The van der Waals surface area contributed by atoms with Gasteiger partial charge in [0.05, 0.1) is 17.1 Å². The summed E-state index contributed by atoms with van der Waals surface area (Å²) in [7, 11) is 0. The van der Waals surface area contributed by atoms with Crippen LogP contribution in [0.25, 0.3) is 0 Å². The van der Waals surface area contributed by atoms with Crippen molar-refractivity contribution >= 4 is 17.3 Å². The normalized spacial score (nSPS) is 13.6. The molecule has 112 valence electrons. The van der Waals surface area contributed by atoms with Crippen molar-refractivity contribution in [2.24, 2.45) is 0 Å². The van der Waals surface area contributed by atoms with Gasteiger partial charge in [0.15, 0.2) is 0 Å². The lowest BCUT2D eigenvalue weighted by atomic mass is 10.0. The first-order valence-electron chi connectivity index (χ1n) is 6.59. The fourth-order valence-electron chi connectivity index (χ4n) is 1.54. The van der Waals surface area contributed by atoms with Gasteiger partial charge in [-0.2, -0.15) is 0 Å². The van der Waals surface area contributed by atoms with Crippen LogP contribution in [-0.2, 0) is 0 Å². The Morgan fingerprint density at radius 1 is 1.40 bits per heavy atom. The largest absolute Gasteiger partial charge is 0.394 e. The first kappa shape index (κ1) is 16.1. The van der Waals surface area contributed by atoms with Gasteiger partial charge in [-0.05, 0) is 19.8 Å². The van der Waals surface area contributed by atoms with Crippen LogP contribution in [0.5, 0.6) is 0 Å². The zero-order valence-corrected chi connectivity index (χ0v) is 12.0. The highest BCUT2D eigenvalue weighted by Gasteiger charge is 2.28. The molecular formula is C12H21N5O3. The van der Waals surface area contributed by atoms with E-state index in [0.717, 1.165) is 6.42 Å². The van der Waals surface area contributed by atoms with Crippen LogP contribution in [0.2, 0.25) is 0 Å². The minimum absolute atomic E-state index is 0.113. The van der Waals surface area contributed by atoms with E-state index in [0.29, 0.717) is 13.0 Å². The van der Waals surface area contributed by atoms with Crippen molar-refractivity contribution in [3.63, 3.8) is 0 Å². The van der Waals surface area contributed by atoms with Crippen LogP contribution in [-0.4, -0.2) is 38.7 Å². The summed E-state index contributed by atoms with van der Waals surface area (Å²) in [5.41, 5.74) is -0.865. The first-order valence-corrected chi connectivity index (χ1v) is 6.59. The summed E-state index contributed by atoms with van der Waals surface area (Å²) in [5, 5.41) is 26.5. The fourth-order valence-corrected chi connectivity index (χ4v) is 1.54. The average molecular weight is 283 g/mol. The predicted octanol–water partition coefficient (Wildman–Crippen LogP) is 1.78. The van der Waals surface area contributed by atoms with Crippen LogP contribution >= 0.6 is 0 Å². The molecule has 0 amide bonds. The number of anilines is 2. The zero-order valence-electron chi connectivity index (χ0n) is 12.0. The van der Waals surface area contributed by atoms with E-state index in [2.05, 4.69) is 20.6 Å². The van der Waals surface area contributed by atoms with E-state index in [1.807, 2.05) is 13.8 Å². The molecular weight excluding hydrogens is 262 g/mol. The van der Waals surface area contributed by atoms with E-state index in [1.165, 1.54) is 6.33 Å². The van der Waals surface area contributed by atoms with Gasteiger partial charge in [-0.25, -0.2) is 9.97 Å². The Bertz CT molecular complexity index is 462. The van der Waals surface area contributed by atoms with E-state index in [4.69, 9.17) is 0 Å². The molecule has 0 spiro atoms. The topological polar surface area (TPSA) is 113 Å². The standard InChI is InChI=1S/C12H21N5O3/c1-4-6-13-10-9(17(19)20)11(15-8-14-10)16-12(3,5-2)7-18/h8,18H,4-7H2,1-3H3,(H2,13,14,15,16). The summed E-state index contributed by atoms with van der Waals surface area (Å²) in [6.07, 6.45) is 2.69. The lowest BCUT2D eigenvalue weighted by molar-refractivity contribution is -0.383. The summed E-state index contributed by atoms with van der Waals surface area (Å²) in [5.74, 6) is 0.299. The minimum Gasteiger partial charge on any atom is -0.394 e. The van der Waals surface area contributed by atoms with Crippen LogP contribution in [0.4, 0.5) is 17.3 Å². The van der Waals surface area contributed by atoms with Crippen molar-refractivity contribution < 1.29 is 10.0 Å². The highest BCUT2D eigenvalue weighted by atomic mass is 16.6. The Kier molecular flexibility index (Phi) is 5.63. The third-order valence-electron chi connectivity index (χ3n) is 3.10. The van der Waals surface area contributed by atoms with Gasteiger partial charge in [0.1, 0.15) is 6.33 Å². The highest BCUT2D eigenvalue weighted by Crippen LogP contribution is 2.31. The third kappa shape index (κ3) is 3.77. The number of hydrogen-bond donors (Lipinski definition) is 3. The van der Waals surface area contributed by atoms with Crippen LogP contribution < -0.4 is 10.6 Å². The SMILES string of the molecule is CCCNc1ncnc(NC(C)(CC)CO)c1[N+](=O)[O-]. The van der Waals surface area contributed by atoms with Gasteiger partial charge >= 0.3 is 5.69 Å². The van der Waals surface area contributed by atoms with Crippen LogP contribution in [0.3, 0.4) is 0 Å². The lowest BCUT2D eigenvalue weighted by Gasteiger charge is -2.27. The summed E-state index contributed by atoms with van der Waals surface area (Å²) in [4.78, 5) is 18.6. The Morgan fingerprint density at radius 3 is 2.55 bits per heavy atom. The maximum atomic E-state index is 11.3. The Labute approximate surface area is 117 Å². The van der Waals surface area contributed by atoms with E-state index in [1.54, 1.807) is 6.92 Å². The summed E-state index contributed by atoms with van der Waals surface area (Å²) < 4.78 is 0. The van der Waals surface area contributed by atoms with Gasteiger partial charge in [0, 0.05) is 6.54 Å². The number of nitro groups is 1. The van der Waals surface area contributed by atoms with Crippen LogP contribution in [0, 0.1) is 10.1 Å². The number of aliphatic hydroxyl groups is 1. The second kappa shape index (κ2) is 6.99. The summed E-state index contributed by atoms with van der Waals surface area (Å²) in [6.45, 7) is 6.05. The van der Waals surface area contributed by atoms with E-state index in [9.17, 15) is 15.2 Å². The molecule has 1 rings (SSSR count). The average Bonchev–Trinajstić information content (AvgIpc) is 2.44. The zero-order chi connectivity index (χ0) is 15.2. The van der Waals surface area contributed by atoms with Gasteiger partial charge in [-0.15, -0.1) is 0 Å². The minimum atomic E-state index is -0.666. The number of nitrogens with zero attached hydrogens (tertiary/aromatic N) is 3. The third-order valence-corrected chi connectivity index (χ3v) is 3.10. The van der Waals surface area contributed by atoms with E-state index >= 15 is 0 Å². The Morgan fingerprint density at radius 2 is 2.05 bits per heavy atom. The number of aromatic nitrogens is 2. The van der Waals surface area contributed by atoms with Crippen molar-refractivity contribution in [3.8, 4) is 0 Å². The molecule has 0 aromatic carbocycles. The molecule has 1 unspecified atom stereocenters. The molecule has 1 aromatic rings. The molecule has 0 aliphatic carbocycles. The molecule has 0 fully saturated rings. The number of rotatable bonds is 8. The smallest absolute Gasteiger partial charge is 0.353 e. The predicted molar refractivity (Wildman–Crippen MR) is 76.9 cm³/mol. The van der Waals surface area contributed by atoms with E-state index < -0.39 is 10.5 Å². The molecule has 0 saturated carbocycles. The van der Waals surface area contributed by atoms with Gasteiger partial charge in [-0.3, -0.25) is 10.1 Å². The summed E-state index contributed by atoms with van der Waals surface area (Å²) in [6, 6.07) is 0. The maximum Gasteiger partial charge on any atom is 0.353 e. The molecule has 8 heteroatoms. The van der Waals surface area contributed by atoms with Gasteiger partial charge in [0.2, 0.25) is 11.6 Å². The van der Waals surface area contributed by atoms with Gasteiger partial charge in [0.25, 0.3) is 0 Å². The first-order chi connectivity index (χ1) is 9.47. The van der Waals surface area contributed by atoms with Crippen molar-refractivity contribution in [1.29, 1.82) is 0 Å². The van der Waals surface area contributed by atoms with Crippen LogP contribution in [0.1, 0.15) is 33.6 Å². The molecule has 0 bridgehead atoms. The maximum absolute atomic E-state index is 11.3. The molecule has 8 nitrogen and oxygen atoms in total. The molecule has 0 saturated heterocycles. The molecule has 0 aliphatic rings. The molecule has 0 radical (unpaired) electrons. The second-order valence-electron chi connectivity index (χ2n) is 4.80. The molecule has 1 aromatic heterocycles. The van der Waals surface area contributed by atoms with Crippen LogP contribution in [0.15, 0.2) is 6.33 Å². The Balaban J connectivity index is 3.15. The Hall–Kier alpha value is -1.96. The highest BCUT2D eigenvalue weighted by molar-refractivity contribution is 5.69. The van der Waals surface area contributed by atoms with Crippen molar-refractivity contribution in [2.45, 2.75) is 39.2 Å². The quantitative estimate of drug-likeness (QED) is 0.492. The van der Waals surface area contributed by atoms with Crippen molar-refractivity contribution in [1.82, 2.24) is 9.97 Å². The lowest BCUT2D eigenvalue weighted by Crippen LogP contribution is -2.38.